The molecular formula is C37H41ClN6O2S. The van der Waals surface area contributed by atoms with Gasteiger partial charge in [-0.2, -0.15) is 0 Å². The van der Waals surface area contributed by atoms with Gasteiger partial charge >= 0.3 is 0 Å². The molecule has 0 saturated heterocycles. The fourth-order valence-corrected chi connectivity index (χ4v) is 8.73. The standard InChI is InChI=1S/C37H41ClN6O2S/c1-42(2)27-19-15-24(16-20-27)30-31-33(39)43(28-11-7-4-8-12-28)22-40-34(31)44-36(46)29(21-23-13-17-25(38)18-14-23)47-37(44)32(30)35(45)41-26-9-5-3-6-10-26/h13-22,26,28,30,39H,3-12H2,1-2H3,(H,41,45)/b29-21-,39-33?. The number of thiazole rings is 1. The first kappa shape index (κ1) is 31.6. The number of nitrogens with zero attached hydrogens (tertiary/aromatic N) is 4. The van der Waals surface area contributed by atoms with E-state index < -0.39 is 5.92 Å². The second kappa shape index (κ2) is 13.3. The van der Waals surface area contributed by atoms with Gasteiger partial charge in [0.1, 0.15) is 16.0 Å². The van der Waals surface area contributed by atoms with Gasteiger partial charge in [-0.1, -0.05) is 74.4 Å². The van der Waals surface area contributed by atoms with E-state index in [1.165, 1.54) is 24.2 Å². The molecule has 4 aromatic rings. The van der Waals surface area contributed by atoms with Crippen LogP contribution in [-0.2, 0) is 4.79 Å². The Labute approximate surface area is 283 Å². The average molecular weight is 669 g/mol. The van der Waals surface area contributed by atoms with Crippen LogP contribution in [0.25, 0.3) is 17.5 Å². The summed E-state index contributed by atoms with van der Waals surface area (Å²) in [6.07, 6.45) is 14.2. The molecule has 3 aliphatic rings. The van der Waals surface area contributed by atoms with Crippen LogP contribution in [0.2, 0.25) is 5.02 Å². The van der Waals surface area contributed by atoms with Crippen LogP contribution >= 0.6 is 22.9 Å². The summed E-state index contributed by atoms with van der Waals surface area (Å²) >= 11 is 7.46. The van der Waals surface area contributed by atoms with E-state index in [-0.39, 0.29) is 23.6 Å². The summed E-state index contributed by atoms with van der Waals surface area (Å²) < 4.78 is 4.64. The highest BCUT2D eigenvalue weighted by Crippen LogP contribution is 2.37. The second-order valence-corrected chi connectivity index (χ2v) is 14.7. The third kappa shape index (κ3) is 6.11. The Hall–Kier alpha value is -3.95. The second-order valence-electron chi connectivity index (χ2n) is 13.3. The molecular weight excluding hydrogens is 628 g/mol. The van der Waals surface area contributed by atoms with Gasteiger partial charge in [0.15, 0.2) is 0 Å². The lowest BCUT2D eigenvalue weighted by atomic mass is 9.83. The average Bonchev–Trinajstić information content (AvgIpc) is 3.41. The molecule has 0 spiro atoms. The molecule has 0 bridgehead atoms. The molecule has 2 aromatic carbocycles. The number of carbonyl (C=O) groups excluding carboxylic acids is 1. The lowest BCUT2D eigenvalue weighted by Crippen LogP contribution is -2.46. The largest absolute Gasteiger partial charge is 0.378 e. The smallest absolute Gasteiger partial charge is 0.274 e. The molecule has 2 aliphatic carbocycles. The van der Waals surface area contributed by atoms with E-state index in [4.69, 9.17) is 16.6 Å². The summed E-state index contributed by atoms with van der Waals surface area (Å²) in [4.78, 5) is 36.0. The molecule has 0 radical (unpaired) electrons. The van der Waals surface area contributed by atoms with Gasteiger partial charge in [-0.15, -0.1) is 11.3 Å². The number of carbonyl (C=O) groups is 1. The van der Waals surface area contributed by atoms with Crippen molar-refractivity contribution in [1.82, 2.24) is 19.4 Å². The van der Waals surface area contributed by atoms with Gasteiger partial charge in [-0.3, -0.25) is 15.0 Å². The topological polar surface area (TPSA) is 96.0 Å². The zero-order valence-corrected chi connectivity index (χ0v) is 28.5. The van der Waals surface area contributed by atoms with E-state index in [1.807, 2.05) is 41.8 Å². The first-order chi connectivity index (χ1) is 22.8. The van der Waals surface area contributed by atoms with Crippen molar-refractivity contribution in [3.8, 4) is 5.82 Å². The summed E-state index contributed by atoms with van der Waals surface area (Å²) in [5.74, 6) is -0.308. The van der Waals surface area contributed by atoms with Crippen molar-refractivity contribution in [3.63, 3.8) is 0 Å². The molecule has 2 fully saturated rings. The predicted molar refractivity (Wildman–Crippen MR) is 189 cm³/mol. The highest BCUT2D eigenvalue weighted by molar-refractivity contribution is 7.07. The molecule has 1 amide bonds. The van der Waals surface area contributed by atoms with Crippen LogP contribution in [0.3, 0.4) is 0 Å². The third-order valence-electron chi connectivity index (χ3n) is 9.97. The Morgan fingerprint density at radius 1 is 0.979 bits per heavy atom. The predicted octanol–water partition coefficient (Wildman–Crippen LogP) is 5.37. The molecule has 1 atom stereocenters. The number of nitrogens with one attached hydrogen (secondary N) is 2. The molecule has 47 heavy (non-hydrogen) atoms. The molecule has 2 saturated carbocycles. The van der Waals surface area contributed by atoms with Gasteiger partial charge in [0.25, 0.3) is 11.5 Å². The van der Waals surface area contributed by atoms with Crippen LogP contribution in [0.1, 0.15) is 92.9 Å². The first-order valence-corrected chi connectivity index (χ1v) is 18.0. The maximum absolute atomic E-state index is 14.6. The molecule has 10 heteroatoms. The Bertz CT molecular complexity index is 2030. The number of amides is 1. The van der Waals surface area contributed by atoms with Crippen molar-refractivity contribution < 1.29 is 4.79 Å². The van der Waals surface area contributed by atoms with Crippen molar-refractivity contribution in [2.45, 2.75) is 82.2 Å². The monoisotopic (exact) mass is 668 g/mol. The van der Waals surface area contributed by atoms with E-state index in [0.717, 1.165) is 68.2 Å². The third-order valence-corrected chi connectivity index (χ3v) is 11.3. The highest BCUT2D eigenvalue weighted by Gasteiger charge is 2.38. The number of hydrogen-bond donors (Lipinski definition) is 2. The lowest BCUT2D eigenvalue weighted by molar-refractivity contribution is -0.116. The Balaban J connectivity index is 1.51. The summed E-state index contributed by atoms with van der Waals surface area (Å²) in [5, 5.41) is 13.7. The van der Waals surface area contributed by atoms with Crippen LogP contribution in [0, 0.1) is 5.41 Å². The number of aromatic nitrogens is 3. The molecule has 1 aliphatic heterocycles. The van der Waals surface area contributed by atoms with Crippen molar-refractivity contribution in [2.75, 3.05) is 19.0 Å². The molecule has 7 rings (SSSR count). The molecule has 3 heterocycles. The van der Waals surface area contributed by atoms with Gasteiger partial charge in [-0.25, -0.2) is 9.55 Å². The van der Waals surface area contributed by atoms with Crippen LogP contribution in [0.4, 0.5) is 5.69 Å². The molecule has 8 nitrogen and oxygen atoms in total. The molecule has 1 unspecified atom stereocenters. The van der Waals surface area contributed by atoms with Gasteiger partial charge in [0, 0.05) is 42.8 Å². The van der Waals surface area contributed by atoms with E-state index in [1.54, 1.807) is 23.0 Å². The van der Waals surface area contributed by atoms with E-state index in [9.17, 15) is 15.0 Å². The normalized spacial score (nSPS) is 18.9. The Kier molecular flexibility index (Phi) is 8.94. The first-order valence-electron chi connectivity index (χ1n) is 16.8. The summed E-state index contributed by atoms with van der Waals surface area (Å²) in [5.41, 5.74) is 3.97. The minimum atomic E-state index is -0.567. The minimum absolute atomic E-state index is 0.0821. The zero-order valence-electron chi connectivity index (χ0n) is 27.0. The van der Waals surface area contributed by atoms with Crippen molar-refractivity contribution in [3.05, 3.63) is 102 Å². The Morgan fingerprint density at radius 2 is 1.64 bits per heavy atom. The Morgan fingerprint density at radius 3 is 2.30 bits per heavy atom. The minimum Gasteiger partial charge on any atom is -0.378 e. The van der Waals surface area contributed by atoms with E-state index in [2.05, 4.69) is 29.6 Å². The van der Waals surface area contributed by atoms with E-state index in [0.29, 0.717) is 36.7 Å². The number of benzene rings is 2. The van der Waals surface area contributed by atoms with Gasteiger partial charge < -0.3 is 14.8 Å². The number of rotatable bonds is 6. The lowest BCUT2D eigenvalue weighted by Gasteiger charge is -2.31. The van der Waals surface area contributed by atoms with Gasteiger partial charge in [-0.05, 0) is 67.2 Å². The number of hydrogen-bond acceptors (Lipinski definition) is 6. The fourth-order valence-electron chi connectivity index (χ4n) is 7.44. The molecule has 244 valence electrons. The maximum Gasteiger partial charge on any atom is 0.274 e. The maximum atomic E-state index is 14.6. The SMILES string of the molecule is CN(C)c1ccc(C2C(C(=O)NC3CCCCC3)=c3s/c(=C\c4ccc(Cl)cc4)c(=O)n3-c3ncn(C4CCCCC4)c(=N)c32)cc1. The van der Waals surface area contributed by atoms with Crippen molar-refractivity contribution in [2.24, 2.45) is 0 Å². The quantitative estimate of drug-likeness (QED) is 0.289. The highest BCUT2D eigenvalue weighted by atomic mass is 35.5. The summed E-state index contributed by atoms with van der Waals surface area (Å²) in [6.45, 7) is 0. The van der Waals surface area contributed by atoms with Crippen LogP contribution < -0.4 is 30.5 Å². The summed E-state index contributed by atoms with van der Waals surface area (Å²) in [7, 11) is 4.00. The van der Waals surface area contributed by atoms with Crippen molar-refractivity contribution >= 4 is 46.2 Å². The number of halogens is 1. The number of anilines is 1. The molecule has 2 N–H and O–H groups in total. The van der Waals surface area contributed by atoms with Crippen LogP contribution in [0.5, 0.6) is 0 Å². The van der Waals surface area contributed by atoms with E-state index >= 15 is 0 Å². The zero-order chi connectivity index (χ0) is 32.7. The number of fused-ring (bicyclic) bond motifs is 3. The van der Waals surface area contributed by atoms with Crippen LogP contribution in [0.15, 0.2) is 59.7 Å². The van der Waals surface area contributed by atoms with Crippen LogP contribution in [-0.4, -0.2) is 40.2 Å². The molecule has 2 aromatic heterocycles. The van der Waals surface area contributed by atoms with Gasteiger partial charge in [0.05, 0.1) is 22.0 Å². The fraction of sp³-hybridized carbons (Fsp3) is 0.405. The van der Waals surface area contributed by atoms with Gasteiger partial charge in [0.2, 0.25) is 0 Å². The van der Waals surface area contributed by atoms with Crippen molar-refractivity contribution in [1.29, 1.82) is 5.41 Å². The summed E-state index contributed by atoms with van der Waals surface area (Å²) in [6, 6.07) is 15.8.